The zero-order chi connectivity index (χ0) is 20.4. The van der Waals surface area contributed by atoms with Gasteiger partial charge in [-0.05, 0) is 31.2 Å². The van der Waals surface area contributed by atoms with Crippen LogP contribution in [0.4, 0.5) is 0 Å². The molecule has 0 unspecified atom stereocenters. The number of thiazole rings is 1. The summed E-state index contributed by atoms with van der Waals surface area (Å²) in [6.07, 6.45) is 1.85. The van der Waals surface area contributed by atoms with Crippen LogP contribution in [0.1, 0.15) is 18.0 Å². The minimum absolute atomic E-state index is 0.0546. The molecule has 0 fully saturated rings. The third-order valence-corrected chi connectivity index (χ3v) is 7.07. The lowest BCUT2D eigenvalue weighted by molar-refractivity contribution is -0.128. The Bertz CT molecular complexity index is 1150. The lowest BCUT2D eigenvalue weighted by atomic mass is 10.3. The number of allylic oxidation sites excluding steroid dienone is 1. The number of hydrogen-bond acceptors (Lipinski definition) is 5. The van der Waals surface area contributed by atoms with Crippen molar-refractivity contribution in [1.29, 1.82) is 0 Å². The fourth-order valence-electron chi connectivity index (χ4n) is 3.15. The van der Waals surface area contributed by atoms with E-state index in [1.54, 1.807) is 16.2 Å². The SMILES string of the molecule is C=CCn1c(SCC(=O)N(C)[C@H](C)c2nc3ccccc3s2)nc2ccccc21. The summed E-state index contributed by atoms with van der Waals surface area (Å²) in [5.74, 6) is 0.380. The van der Waals surface area contributed by atoms with Gasteiger partial charge in [-0.2, -0.15) is 0 Å². The first-order valence-electron chi connectivity index (χ1n) is 9.38. The molecule has 0 spiro atoms. The number of benzene rings is 2. The smallest absolute Gasteiger partial charge is 0.233 e. The molecule has 0 saturated carbocycles. The molecule has 2 heterocycles. The van der Waals surface area contributed by atoms with Crippen LogP contribution < -0.4 is 0 Å². The van der Waals surface area contributed by atoms with E-state index in [1.807, 2.05) is 62.5 Å². The Balaban J connectivity index is 1.48. The van der Waals surface area contributed by atoms with Crippen molar-refractivity contribution in [1.82, 2.24) is 19.4 Å². The van der Waals surface area contributed by atoms with Crippen LogP contribution in [-0.4, -0.2) is 38.1 Å². The van der Waals surface area contributed by atoms with Crippen molar-refractivity contribution < 1.29 is 4.79 Å². The molecule has 0 aliphatic heterocycles. The average Bonchev–Trinajstić information content (AvgIpc) is 3.33. The van der Waals surface area contributed by atoms with Gasteiger partial charge in [-0.3, -0.25) is 4.79 Å². The van der Waals surface area contributed by atoms with Crippen LogP contribution in [0.15, 0.2) is 66.3 Å². The molecule has 5 nitrogen and oxygen atoms in total. The molecule has 1 atom stereocenters. The van der Waals surface area contributed by atoms with E-state index in [0.717, 1.165) is 31.4 Å². The van der Waals surface area contributed by atoms with Gasteiger partial charge >= 0.3 is 0 Å². The number of thioether (sulfide) groups is 1. The summed E-state index contributed by atoms with van der Waals surface area (Å²) in [5, 5.41) is 1.78. The van der Waals surface area contributed by atoms with Crippen LogP contribution in [0.5, 0.6) is 0 Å². The zero-order valence-electron chi connectivity index (χ0n) is 16.4. The molecule has 7 heteroatoms. The van der Waals surface area contributed by atoms with E-state index in [1.165, 1.54) is 11.8 Å². The predicted molar refractivity (Wildman–Crippen MR) is 121 cm³/mol. The van der Waals surface area contributed by atoms with E-state index in [4.69, 9.17) is 9.97 Å². The summed E-state index contributed by atoms with van der Waals surface area (Å²) in [6.45, 7) is 6.53. The molecule has 2 aromatic carbocycles. The molecule has 4 aromatic rings. The molecule has 2 aromatic heterocycles. The first-order chi connectivity index (χ1) is 14.1. The van der Waals surface area contributed by atoms with Gasteiger partial charge in [0.1, 0.15) is 5.01 Å². The molecular formula is C22H22N4OS2. The Hall–Kier alpha value is -2.64. The van der Waals surface area contributed by atoms with Gasteiger partial charge in [-0.1, -0.05) is 42.1 Å². The first kappa shape index (κ1) is 19.7. The molecule has 0 N–H and O–H groups in total. The number of rotatable bonds is 7. The van der Waals surface area contributed by atoms with E-state index >= 15 is 0 Å². The van der Waals surface area contributed by atoms with Crippen LogP contribution in [0.25, 0.3) is 21.3 Å². The number of para-hydroxylation sites is 3. The minimum Gasteiger partial charge on any atom is -0.336 e. The number of carbonyl (C=O) groups is 1. The van der Waals surface area contributed by atoms with Crippen LogP contribution >= 0.6 is 23.1 Å². The molecule has 0 aliphatic carbocycles. The monoisotopic (exact) mass is 422 g/mol. The summed E-state index contributed by atoms with van der Waals surface area (Å²) in [6, 6.07) is 16.0. The molecule has 0 radical (unpaired) electrons. The summed E-state index contributed by atoms with van der Waals surface area (Å²) < 4.78 is 3.24. The van der Waals surface area contributed by atoms with E-state index in [9.17, 15) is 4.79 Å². The van der Waals surface area contributed by atoms with Crippen molar-refractivity contribution >= 4 is 50.3 Å². The second-order valence-electron chi connectivity index (χ2n) is 6.77. The second kappa shape index (κ2) is 8.39. The van der Waals surface area contributed by atoms with Crippen LogP contribution in [0.3, 0.4) is 0 Å². The van der Waals surface area contributed by atoms with Crippen LogP contribution in [0, 0.1) is 0 Å². The van der Waals surface area contributed by atoms with Crippen molar-refractivity contribution in [2.45, 2.75) is 24.7 Å². The standard InChI is InChI=1S/C22H22N4OS2/c1-4-13-26-18-11-7-5-9-16(18)24-22(26)28-14-20(27)25(3)15(2)21-23-17-10-6-8-12-19(17)29-21/h4-12,15H,1,13-14H2,2-3H3/t15-/m1/s1. The van der Waals surface area contributed by atoms with E-state index in [2.05, 4.69) is 17.2 Å². The zero-order valence-corrected chi connectivity index (χ0v) is 18.0. The Morgan fingerprint density at radius 2 is 1.93 bits per heavy atom. The maximum atomic E-state index is 12.9. The maximum Gasteiger partial charge on any atom is 0.233 e. The maximum absolute atomic E-state index is 12.9. The van der Waals surface area contributed by atoms with Gasteiger partial charge in [0.05, 0.1) is 33.0 Å². The highest BCUT2D eigenvalue weighted by molar-refractivity contribution is 7.99. The second-order valence-corrected chi connectivity index (χ2v) is 8.78. The number of imidazole rings is 1. The first-order valence-corrected chi connectivity index (χ1v) is 11.2. The van der Waals surface area contributed by atoms with Gasteiger partial charge in [-0.15, -0.1) is 17.9 Å². The Morgan fingerprint density at radius 3 is 2.69 bits per heavy atom. The molecule has 29 heavy (non-hydrogen) atoms. The van der Waals surface area contributed by atoms with E-state index in [-0.39, 0.29) is 11.9 Å². The molecular weight excluding hydrogens is 400 g/mol. The van der Waals surface area contributed by atoms with Crippen LogP contribution in [-0.2, 0) is 11.3 Å². The van der Waals surface area contributed by atoms with Gasteiger partial charge in [0.2, 0.25) is 5.91 Å². The largest absolute Gasteiger partial charge is 0.336 e. The van der Waals surface area contributed by atoms with Crippen molar-refractivity contribution in [2.75, 3.05) is 12.8 Å². The highest BCUT2D eigenvalue weighted by atomic mass is 32.2. The number of fused-ring (bicyclic) bond motifs is 2. The van der Waals surface area contributed by atoms with E-state index in [0.29, 0.717) is 12.3 Å². The Labute approximate surface area is 178 Å². The van der Waals surface area contributed by atoms with Gasteiger partial charge in [0, 0.05) is 13.6 Å². The highest BCUT2D eigenvalue weighted by Gasteiger charge is 2.21. The normalized spacial score (nSPS) is 12.3. The fourth-order valence-corrected chi connectivity index (χ4v) is 5.16. The summed E-state index contributed by atoms with van der Waals surface area (Å²) in [7, 11) is 1.84. The van der Waals surface area contributed by atoms with Gasteiger partial charge in [-0.25, -0.2) is 9.97 Å². The number of amides is 1. The number of aromatic nitrogens is 3. The molecule has 0 saturated heterocycles. The van der Waals surface area contributed by atoms with Gasteiger partial charge in [0.15, 0.2) is 5.16 Å². The van der Waals surface area contributed by atoms with Gasteiger partial charge in [0.25, 0.3) is 0 Å². The third-order valence-electron chi connectivity index (χ3n) is 4.90. The van der Waals surface area contributed by atoms with Crippen molar-refractivity contribution in [3.05, 3.63) is 66.2 Å². The number of nitrogens with zero attached hydrogens (tertiary/aromatic N) is 4. The van der Waals surface area contributed by atoms with Crippen LogP contribution in [0.2, 0.25) is 0 Å². The Kier molecular flexibility index (Phi) is 5.69. The van der Waals surface area contributed by atoms with Crippen molar-refractivity contribution in [3.63, 3.8) is 0 Å². The topological polar surface area (TPSA) is 51.0 Å². The third kappa shape index (κ3) is 3.93. The van der Waals surface area contributed by atoms with Crippen molar-refractivity contribution in [3.8, 4) is 0 Å². The summed E-state index contributed by atoms with van der Waals surface area (Å²) in [5.41, 5.74) is 2.96. The Morgan fingerprint density at radius 1 is 1.21 bits per heavy atom. The minimum atomic E-state index is -0.0764. The summed E-state index contributed by atoms with van der Waals surface area (Å²) >= 11 is 3.10. The van der Waals surface area contributed by atoms with Crippen molar-refractivity contribution in [2.24, 2.45) is 0 Å². The number of hydrogen-bond donors (Lipinski definition) is 0. The molecule has 4 rings (SSSR count). The number of carbonyl (C=O) groups excluding carboxylic acids is 1. The lowest BCUT2D eigenvalue weighted by Crippen LogP contribution is -2.31. The molecule has 148 valence electrons. The molecule has 0 aliphatic rings. The summed E-state index contributed by atoms with van der Waals surface area (Å²) in [4.78, 5) is 24.0. The quantitative estimate of drug-likeness (QED) is 0.305. The van der Waals surface area contributed by atoms with E-state index < -0.39 is 0 Å². The predicted octanol–water partition coefficient (Wildman–Crippen LogP) is 5.14. The lowest BCUT2D eigenvalue weighted by Gasteiger charge is -2.23. The average molecular weight is 423 g/mol. The fraction of sp³-hybridized carbons (Fsp3) is 0.227. The van der Waals surface area contributed by atoms with Gasteiger partial charge < -0.3 is 9.47 Å². The molecule has 1 amide bonds. The highest BCUT2D eigenvalue weighted by Crippen LogP contribution is 2.30. The molecule has 0 bridgehead atoms.